The number of hydrogen-bond acceptors (Lipinski definition) is 4. The van der Waals surface area contributed by atoms with Crippen LogP contribution in [0.1, 0.15) is 35.3 Å². The standard InChI is InChI=1S/C19H18N2O3/c1-19(2)12-14-6-3-4-9-16(14)17(20-19)11-18(22)13-7-5-8-15(10-13)21(23)24/h3-11,20H,12H2,1-2H3/b17-11-. The summed E-state index contributed by atoms with van der Waals surface area (Å²) in [5.74, 6) is -0.256. The van der Waals surface area contributed by atoms with Gasteiger partial charge in [-0.2, -0.15) is 0 Å². The zero-order chi connectivity index (χ0) is 17.3. The Bertz CT molecular complexity index is 853. The van der Waals surface area contributed by atoms with E-state index in [-0.39, 0.29) is 17.0 Å². The van der Waals surface area contributed by atoms with E-state index in [9.17, 15) is 14.9 Å². The Hall–Kier alpha value is -2.95. The van der Waals surface area contributed by atoms with Crippen molar-refractivity contribution in [2.75, 3.05) is 0 Å². The van der Waals surface area contributed by atoms with Crippen molar-refractivity contribution in [3.05, 3.63) is 81.4 Å². The Morgan fingerprint density at radius 3 is 2.71 bits per heavy atom. The quantitative estimate of drug-likeness (QED) is 0.404. The van der Waals surface area contributed by atoms with E-state index in [0.29, 0.717) is 5.56 Å². The topological polar surface area (TPSA) is 72.2 Å². The minimum Gasteiger partial charge on any atom is -0.379 e. The number of carbonyl (C=O) groups is 1. The Kier molecular flexibility index (Phi) is 3.93. The monoisotopic (exact) mass is 322 g/mol. The number of ketones is 1. The van der Waals surface area contributed by atoms with E-state index < -0.39 is 4.92 Å². The summed E-state index contributed by atoms with van der Waals surface area (Å²) in [6.45, 7) is 4.16. The second-order valence-corrected chi connectivity index (χ2v) is 6.57. The molecule has 0 aliphatic carbocycles. The SMILES string of the molecule is CC1(C)Cc2ccccc2/C(=C/C(=O)c2cccc([N+](=O)[O-])c2)N1. The third kappa shape index (κ3) is 3.20. The van der Waals surface area contributed by atoms with Crippen LogP contribution in [0.25, 0.3) is 5.70 Å². The fourth-order valence-electron chi connectivity index (χ4n) is 2.99. The molecule has 0 atom stereocenters. The van der Waals surface area contributed by atoms with Crippen molar-refractivity contribution in [3.8, 4) is 0 Å². The van der Waals surface area contributed by atoms with Crippen LogP contribution in [-0.4, -0.2) is 16.2 Å². The highest BCUT2D eigenvalue weighted by Gasteiger charge is 2.27. The first-order valence-electron chi connectivity index (χ1n) is 7.73. The lowest BCUT2D eigenvalue weighted by molar-refractivity contribution is -0.384. The second-order valence-electron chi connectivity index (χ2n) is 6.57. The lowest BCUT2D eigenvalue weighted by Crippen LogP contribution is -2.43. The summed E-state index contributed by atoms with van der Waals surface area (Å²) in [7, 11) is 0. The van der Waals surface area contributed by atoms with Crippen molar-refractivity contribution in [3.63, 3.8) is 0 Å². The van der Waals surface area contributed by atoms with Gasteiger partial charge < -0.3 is 5.32 Å². The number of nitro groups is 1. The molecule has 5 heteroatoms. The maximum Gasteiger partial charge on any atom is 0.270 e. The van der Waals surface area contributed by atoms with E-state index in [1.807, 2.05) is 18.2 Å². The molecular weight excluding hydrogens is 304 g/mol. The predicted molar refractivity (Wildman–Crippen MR) is 92.8 cm³/mol. The number of nitro benzene ring substituents is 1. The van der Waals surface area contributed by atoms with Crippen LogP contribution >= 0.6 is 0 Å². The maximum absolute atomic E-state index is 12.6. The van der Waals surface area contributed by atoms with Crippen LogP contribution in [0.2, 0.25) is 0 Å². The van der Waals surface area contributed by atoms with E-state index >= 15 is 0 Å². The predicted octanol–water partition coefficient (Wildman–Crippen LogP) is 3.74. The number of nitrogens with zero attached hydrogens (tertiary/aromatic N) is 1. The molecule has 24 heavy (non-hydrogen) atoms. The molecule has 0 bridgehead atoms. The largest absolute Gasteiger partial charge is 0.379 e. The van der Waals surface area contributed by atoms with Gasteiger partial charge in [0.1, 0.15) is 0 Å². The zero-order valence-corrected chi connectivity index (χ0v) is 13.6. The van der Waals surface area contributed by atoms with Crippen molar-refractivity contribution in [2.45, 2.75) is 25.8 Å². The molecule has 3 rings (SSSR count). The molecule has 5 nitrogen and oxygen atoms in total. The first kappa shape index (κ1) is 15.9. The minimum atomic E-state index is -0.499. The molecule has 122 valence electrons. The average Bonchev–Trinajstić information content (AvgIpc) is 2.54. The van der Waals surface area contributed by atoms with Gasteiger partial charge in [0.15, 0.2) is 5.78 Å². The maximum atomic E-state index is 12.6. The molecule has 0 amide bonds. The van der Waals surface area contributed by atoms with Gasteiger partial charge in [-0.1, -0.05) is 36.4 Å². The van der Waals surface area contributed by atoms with Crippen LogP contribution in [0.5, 0.6) is 0 Å². The molecule has 0 radical (unpaired) electrons. The Labute approximate surface area is 140 Å². The van der Waals surface area contributed by atoms with Crippen LogP contribution in [0, 0.1) is 10.1 Å². The van der Waals surface area contributed by atoms with Gasteiger partial charge >= 0.3 is 0 Å². The minimum absolute atomic E-state index is 0.0865. The van der Waals surface area contributed by atoms with Gasteiger partial charge in [0.05, 0.1) is 4.92 Å². The number of nitrogens with one attached hydrogen (secondary N) is 1. The first-order chi connectivity index (χ1) is 11.4. The lowest BCUT2D eigenvalue weighted by atomic mass is 9.85. The molecule has 2 aromatic rings. The summed E-state index contributed by atoms with van der Waals surface area (Å²) in [6.07, 6.45) is 2.39. The van der Waals surface area contributed by atoms with Gasteiger partial charge in [-0.05, 0) is 25.8 Å². The number of hydrogen-bond donors (Lipinski definition) is 1. The molecule has 0 unspecified atom stereocenters. The number of rotatable bonds is 3. The molecule has 1 aliphatic heterocycles. The molecule has 0 fully saturated rings. The number of benzene rings is 2. The van der Waals surface area contributed by atoms with E-state index in [1.165, 1.54) is 29.8 Å². The van der Waals surface area contributed by atoms with Crippen molar-refractivity contribution in [2.24, 2.45) is 0 Å². The fraction of sp³-hybridized carbons (Fsp3) is 0.211. The number of fused-ring (bicyclic) bond motifs is 1. The Balaban J connectivity index is 2.00. The molecule has 0 saturated heterocycles. The third-order valence-corrected chi connectivity index (χ3v) is 4.03. The van der Waals surface area contributed by atoms with Crippen LogP contribution in [0.4, 0.5) is 5.69 Å². The Morgan fingerprint density at radius 1 is 1.21 bits per heavy atom. The average molecular weight is 322 g/mol. The lowest BCUT2D eigenvalue weighted by Gasteiger charge is -2.35. The molecule has 0 aromatic heterocycles. The molecule has 2 aromatic carbocycles. The van der Waals surface area contributed by atoms with Gasteiger partial charge in [0.25, 0.3) is 5.69 Å². The van der Waals surface area contributed by atoms with Crippen LogP contribution < -0.4 is 5.32 Å². The summed E-state index contributed by atoms with van der Waals surface area (Å²) in [4.78, 5) is 23.0. The van der Waals surface area contributed by atoms with E-state index in [0.717, 1.165) is 17.7 Å². The molecule has 0 saturated carbocycles. The summed E-state index contributed by atoms with van der Waals surface area (Å²) < 4.78 is 0. The molecule has 0 spiro atoms. The summed E-state index contributed by atoms with van der Waals surface area (Å²) >= 11 is 0. The smallest absolute Gasteiger partial charge is 0.270 e. The van der Waals surface area contributed by atoms with Crippen molar-refractivity contribution >= 4 is 17.2 Å². The summed E-state index contributed by atoms with van der Waals surface area (Å²) in [5, 5.41) is 14.3. The highest BCUT2D eigenvalue weighted by molar-refractivity contribution is 6.09. The van der Waals surface area contributed by atoms with E-state index in [1.54, 1.807) is 6.07 Å². The second kappa shape index (κ2) is 5.92. The highest BCUT2D eigenvalue weighted by Crippen LogP contribution is 2.29. The zero-order valence-electron chi connectivity index (χ0n) is 13.6. The van der Waals surface area contributed by atoms with Crippen molar-refractivity contribution in [1.82, 2.24) is 5.32 Å². The van der Waals surface area contributed by atoms with Crippen LogP contribution in [-0.2, 0) is 6.42 Å². The molecular formula is C19H18N2O3. The number of non-ortho nitro benzene ring substituents is 1. The number of carbonyl (C=O) groups excluding carboxylic acids is 1. The van der Waals surface area contributed by atoms with Gasteiger partial charge in [-0.3, -0.25) is 14.9 Å². The van der Waals surface area contributed by atoms with E-state index in [4.69, 9.17) is 0 Å². The highest BCUT2D eigenvalue weighted by atomic mass is 16.6. The fourth-order valence-corrected chi connectivity index (χ4v) is 2.99. The molecule has 1 heterocycles. The number of allylic oxidation sites excluding steroid dienone is 1. The molecule has 1 aliphatic rings. The van der Waals surface area contributed by atoms with Gasteiger partial charge in [-0.15, -0.1) is 0 Å². The third-order valence-electron chi connectivity index (χ3n) is 4.03. The van der Waals surface area contributed by atoms with Crippen LogP contribution in [0.3, 0.4) is 0 Å². The normalized spacial score (nSPS) is 17.0. The Morgan fingerprint density at radius 2 is 1.96 bits per heavy atom. The first-order valence-corrected chi connectivity index (χ1v) is 7.73. The van der Waals surface area contributed by atoms with Crippen LogP contribution in [0.15, 0.2) is 54.6 Å². The van der Waals surface area contributed by atoms with Gasteiger partial charge in [0, 0.05) is 40.6 Å². The summed E-state index contributed by atoms with van der Waals surface area (Å²) in [6, 6.07) is 13.8. The summed E-state index contributed by atoms with van der Waals surface area (Å²) in [5.41, 5.74) is 2.98. The van der Waals surface area contributed by atoms with Gasteiger partial charge in [-0.25, -0.2) is 0 Å². The van der Waals surface area contributed by atoms with Crippen molar-refractivity contribution < 1.29 is 9.72 Å². The molecule has 1 N–H and O–H groups in total. The van der Waals surface area contributed by atoms with Gasteiger partial charge in [0.2, 0.25) is 0 Å². The van der Waals surface area contributed by atoms with E-state index in [2.05, 4.69) is 25.2 Å². The van der Waals surface area contributed by atoms with Crippen molar-refractivity contribution in [1.29, 1.82) is 0 Å².